The zero-order valence-electron chi connectivity index (χ0n) is 10.7. The molecule has 1 heteroatoms. The summed E-state index contributed by atoms with van der Waals surface area (Å²) in [5.41, 5.74) is 2.93. The van der Waals surface area contributed by atoms with E-state index in [1.807, 2.05) is 0 Å². The van der Waals surface area contributed by atoms with Crippen LogP contribution >= 0.6 is 0 Å². The highest BCUT2D eigenvalue weighted by Gasteiger charge is 2.14. The van der Waals surface area contributed by atoms with E-state index in [0.717, 1.165) is 5.75 Å². The predicted molar refractivity (Wildman–Crippen MR) is 68.1 cm³/mol. The molecule has 1 aliphatic rings. The zero-order valence-corrected chi connectivity index (χ0v) is 10.7. The third-order valence-electron chi connectivity index (χ3n) is 2.99. The number of hydrogen-bond acceptors (Lipinski definition) is 1. The van der Waals surface area contributed by atoms with Gasteiger partial charge in [-0.05, 0) is 69.7 Å². The van der Waals surface area contributed by atoms with Crippen LogP contribution in [0.4, 0.5) is 0 Å². The normalized spacial score (nSPS) is 16.4. The smallest absolute Gasteiger partial charge is 0.120 e. The summed E-state index contributed by atoms with van der Waals surface area (Å²) in [5.74, 6) is 1.02. The molecule has 0 N–H and O–H groups in total. The standard InChI is InChI=1S/C15H22O/c1-15(2,3)16-14-10-9-12-7-5-4-6-8-13(12)11-14/h9-11H,4-8H2,1-3H3. The molecule has 0 bridgehead atoms. The molecule has 1 aromatic rings. The summed E-state index contributed by atoms with van der Waals surface area (Å²) >= 11 is 0. The summed E-state index contributed by atoms with van der Waals surface area (Å²) < 4.78 is 5.91. The van der Waals surface area contributed by atoms with Gasteiger partial charge in [0.05, 0.1) is 0 Å². The van der Waals surface area contributed by atoms with Crippen molar-refractivity contribution in [1.82, 2.24) is 0 Å². The van der Waals surface area contributed by atoms with Crippen LogP contribution in [0.15, 0.2) is 18.2 Å². The number of fused-ring (bicyclic) bond motifs is 1. The van der Waals surface area contributed by atoms with Crippen LogP contribution in [0.5, 0.6) is 5.75 Å². The van der Waals surface area contributed by atoms with Crippen molar-refractivity contribution in [2.45, 2.75) is 58.5 Å². The molecule has 0 fully saturated rings. The highest BCUT2D eigenvalue weighted by Crippen LogP contribution is 2.26. The molecule has 0 heterocycles. The summed E-state index contributed by atoms with van der Waals surface area (Å²) in [6.07, 6.45) is 6.49. The second kappa shape index (κ2) is 4.48. The molecule has 0 spiro atoms. The van der Waals surface area contributed by atoms with Crippen molar-refractivity contribution in [3.05, 3.63) is 29.3 Å². The van der Waals surface area contributed by atoms with Crippen LogP contribution in [-0.4, -0.2) is 5.60 Å². The molecule has 1 nitrogen and oxygen atoms in total. The Labute approximate surface area is 98.8 Å². The first-order valence-electron chi connectivity index (χ1n) is 6.35. The number of rotatable bonds is 1. The number of hydrogen-bond donors (Lipinski definition) is 0. The molecule has 2 rings (SSSR count). The lowest BCUT2D eigenvalue weighted by atomic mass is 10.0. The minimum atomic E-state index is -0.0982. The Kier molecular flexibility index (Phi) is 3.22. The fourth-order valence-electron chi connectivity index (χ4n) is 2.30. The van der Waals surface area contributed by atoms with Crippen LogP contribution in [0.25, 0.3) is 0 Å². The average molecular weight is 218 g/mol. The summed E-state index contributed by atoms with van der Waals surface area (Å²) in [5, 5.41) is 0. The minimum absolute atomic E-state index is 0.0982. The second-order valence-corrected chi connectivity index (χ2v) is 5.71. The van der Waals surface area contributed by atoms with Crippen LogP contribution in [0.1, 0.15) is 51.2 Å². The Hall–Kier alpha value is -0.980. The van der Waals surface area contributed by atoms with Crippen LogP contribution in [0.2, 0.25) is 0 Å². The van der Waals surface area contributed by atoms with Crippen molar-refractivity contribution in [2.24, 2.45) is 0 Å². The largest absolute Gasteiger partial charge is 0.488 e. The van der Waals surface area contributed by atoms with E-state index in [0.29, 0.717) is 0 Å². The molecule has 0 aromatic heterocycles. The lowest BCUT2D eigenvalue weighted by molar-refractivity contribution is 0.131. The van der Waals surface area contributed by atoms with Gasteiger partial charge in [0.25, 0.3) is 0 Å². The molecule has 0 amide bonds. The Balaban J connectivity index is 2.21. The molecule has 1 aromatic carbocycles. The topological polar surface area (TPSA) is 9.23 Å². The maximum atomic E-state index is 5.91. The van der Waals surface area contributed by atoms with Gasteiger partial charge in [-0.15, -0.1) is 0 Å². The molecule has 16 heavy (non-hydrogen) atoms. The molecule has 0 radical (unpaired) electrons. The number of aryl methyl sites for hydroxylation is 2. The van der Waals surface area contributed by atoms with E-state index in [9.17, 15) is 0 Å². The van der Waals surface area contributed by atoms with Gasteiger partial charge in [-0.2, -0.15) is 0 Å². The highest BCUT2D eigenvalue weighted by molar-refractivity contribution is 5.36. The first kappa shape index (κ1) is 11.5. The van der Waals surface area contributed by atoms with E-state index in [2.05, 4.69) is 39.0 Å². The van der Waals surface area contributed by atoms with Crippen molar-refractivity contribution in [1.29, 1.82) is 0 Å². The van der Waals surface area contributed by atoms with Crippen molar-refractivity contribution >= 4 is 0 Å². The molecular weight excluding hydrogens is 196 g/mol. The Bertz CT molecular complexity index is 360. The lowest BCUT2D eigenvalue weighted by Gasteiger charge is -2.22. The predicted octanol–water partition coefficient (Wildman–Crippen LogP) is 4.13. The molecule has 0 unspecified atom stereocenters. The molecule has 0 saturated heterocycles. The van der Waals surface area contributed by atoms with E-state index in [-0.39, 0.29) is 5.60 Å². The van der Waals surface area contributed by atoms with Gasteiger partial charge in [-0.3, -0.25) is 0 Å². The van der Waals surface area contributed by atoms with Gasteiger partial charge in [-0.1, -0.05) is 12.5 Å². The Morgan fingerprint density at radius 1 is 0.938 bits per heavy atom. The highest BCUT2D eigenvalue weighted by atomic mass is 16.5. The van der Waals surface area contributed by atoms with E-state index >= 15 is 0 Å². The zero-order chi connectivity index (χ0) is 11.6. The summed E-state index contributed by atoms with van der Waals surface area (Å²) in [6.45, 7) is 6.29. The maximum absolute atomic E-state index is 5.91. The maximum Gasteiger partial charge on any atom is 0.120 e. The van der Waals surface area contributed by atoms with Crippen LogP contribution in [0.3, 0.4) is 0 Å². The Morgan fingerprint density at radius 2 is 1.62 bits per heavy atom. The Morgan fingerprint density at radius 3 is 2.31 bits per heavy atom. The quantitative estimate of drug-likeness (QED) is 0.644. The van der Waals surface area contributed by atoms with Gasteiger partial charge in [0.15, 0.2) is 0 Å². The van der Waals surface area contributed by atoms with Crippen LogP contribution in [-0.2, 0) is 12.8 Å². The molecule has 1 aliphatic carbocycles. The fourth-order valence-corrected chi connectivity index (χ4v) is 2.30. The van der Waals surface area contributed by atoms with Gasteiger partial charge in [0.1, 0.15) is 11.4 Å². The molecule has 0 saturated carbocycles. The van der Waals surface area contributed by atoms with Crippen molar-refractivity contribution in [2.75, 3.05) is 0 Å². The van der Waals surface area contributed by atoms with Gasteiger partial charge in [0.2, 0.25) is 0 Å². The third kappa shape index (κ3) is 3.01. The van der Waals surface area contributed by atoms with Gasteiger partial charge in [-0.25, -0.2) is 0 Å². The summed E-state index contributed by atoms with van der Waals surface area (Å²) in [4.78, 5) is 0. The van der Waals surface area contributed by atoms with Crippen molar-refractivity contribution in [3.63, 3.8) is 0 Å². The van der Waals surface area contributed by atoms with E-state index in [1.54, 1.807) is 0 Å². The minimum Gasteiger partial charge on any atom is -0.488 e. The fraction of sp³-hybridized carbons (Fsp3) is 0.600. The van der Waals surface area contributed by atoms with Crippen molar-refractivity contribution in [3.8, 4) is 5.75 Å². The van der Waals surface area contributed by atoms with E-state index < -0.39 is 0 Å². The van der Waals surface area contributed by atoms with E-state index in [4.69, 9.17) is 4.74 Å². The van der Waals surface area contributed by atoms with Gasteiger partial charge >= 0.3 is 0 Å². The number of benzene rings is 1. The summed E-state index contributed by atoms with van der Waals surface area (Å²) in [6, 6.07) is 6.61. The van der Waals surface area contributed by atoms with Gasteiger partial charge in [0, 0.05) is 0 Å². The van der Waals surface area contributed by atoms with Crippen LogP contribution in [0, 0.1) is 0 Å². The van der Waals surface area contributed by atoms with Crippen LogP contribution < -0.4 is 4.74 Å². The first-order chi connectivity index (χ1) is 7.54. The molecule has 88 valence electrons. The molecular formula is C15H22O. The molecule has 0 atom stereocenters. The van der Waals surface area contributed by atoms with Gasteiger partial charge < -0.3 is 4.74 Å². The second-order valence-electron chi connectivity index (χ2n) is 5.71. The first-order valence-corrected chi connectivity index (χ1v) is 6.35. The summed E-state index contributed by atoms with van der Waals surface area (Å²) in [7, 11) is 0. The SMILES string of the molecule is CC(C)(C)Oc1ccc2c(c1)CCCCC2. The number of ether oxygens (including phenoxy) is 1. The van der Waals surface area contributed by atoms with E-state index in [1.165, 1.54) is 43.2 Å². The lowest BCUT2D eigenvalue weighted by Crippen LogP contribution is -2.23. The third-order valence-corrected chi connectivity index (χ3v) is 2.99. The monoisotopic (exact) mass is 218 g/mol. The average Bonchev–Trinajstić information content (AvgIpc) is 2.39. The molecule has 0 aliphatic heterocycles. The van der Waals surface area contributed by atoms with Crippen molar-refractivity contribution < 1.29 is 4.74 Å².